The second-order valence-electron chi connectivity index (χ2n) is 8.03. The van der Waals surface area contributed by atoms with E-state index in [0.29, 0.717) is 0 Å². The monoisotopic (exact) mass is 716 g/mol. The predicted octanol–water partition coefficient (Wildman–Crippen LogP) is 8.83. The lowest BCUT2D eigenvalue weighted by molar-refractivity contribution is -0.573. The summed E-state index contributed by atoms with van der Waals surface area (Å²) >= 11 is 0. The molecule has 1 unspecified atom stereocenters. The van der Waals surface area contributed by atoms with Crippen LogP contribution in [0.3, 0.4) is 0 Å². The molecule has 1 rings (SSSR count). The second kappa shape index (κ2) is 8.83. The molecule has 258 valence electrons. The zero-order valence-electron chi connectivity index (χ0n) is 18.0. The number of alkyl halides is 28. The molecule has 0 aromatic heterocycles. The lowest BCUT2D eigenvalue weighted by atomic mass is 9.82. The summed E-state index contributed by atoms with van der Waals surface area (Å²) in [5.41, 5.74) is 0. The van der Waals surface area contributed by atoms with Gasteiger partial charge in [-0.05, 0) is 0 Å². The van der Waals surface area contributed by atoms with Gasteiger partial charge in [0.05, 0.1) is 0 Å². The Morgan fingerprint density at radius 3 is 0.837 bits per heavy atom. The first-order valence-electron chi connectivity index (χ1n) is 8.95. The van der Waals surface area contributed by atoms with Gasteiger partial charge in [-0.2, -0.15) is 123 Å². The van der Waals surface area contributed by atoms with Crippen molar-refractivity contribution in [2.75, 3.05) is 0 Å². The molecule has 29 heteroatoms. The summed E-state index contributed by atoms with van der Waals surface area (Å²) in [6, 6.07) is 0. The highest BCUT2D eigenvalue weighted by atomic mass is 19.4. The lowest BCUT2D eigenvalue weighted by Crippen LogP contribution is -2.84. The maximum atomic E-state index is 14.1. The quantitative estimate of drug-likeness (QED) is 0.229. The fourth-order valence-electron chi connectivity index (χ4n) is 2.71. The summed E-state index contributed by atoms with van der Waals surface area (Å²) in [6.45, 7) is 0. The average molecular weight is 716 g/mol. The molecule has 1 atom stereocenters. The molecule has 43 heavy (non-hydrogen) atoms. The van der Waals surface area contributed by atoms with Crippen LogP contribution in [0.2, 0.25) is 0 Å². The molecule has 0 aromatic carbocycles. The first kappa shape index (κ1) is 39.0. The van der Waals surface area contributed by atoms with Crippen molar-refractivity contribution < 1.29 is 128 Å². The SMILES string of the molecule is FC(F)(F)C(F)(F)C(F)(F)C(F)(F)C(F)(F)C(F)(F)C(F)(F)C(F)(F)C(F)(F)C1(F)OC(F)(F)C(F)(F)C(F)(F)C1(F)F. The third-order valence-electron chi connectivity index (χ3n) is 5.35. The third kappa shape index (κ3) is 3.95. The number of ether oxygens (including phenoxy) is 1. The van der Waals surface area contributed by atoms with Gasteiger partial charge in [0.1, 0.15) is 0 Å². The topological polar surface area (TPSA) is 9.23 Å². The van der Waals surface area contributed by atoms with Crippen LogP contribution < -0.4 is 0 Å². The van der Waals surface area contributed by atoms with Gasteiger partial charge in [0.15, 0.2) is 0 Å². The van der Waals surface area contributed by atoms with Gasteiger partial charge < -0.3 is 0 Å². The molecule has 1 heterocycles. The maximum Gasteiger partial charge on any atom is 0.460 e. The van der Waals surface area contributed by atoms with Crippen molar-refractivity contribution in [2.45, 2.75) is 83.3 Å². The molecule has 1 aliphatic heterocycles. The Kier molecular flexibility index (Phi) is 8.01. The zero-order chi connectivity index (χ0) is 35.7. The fraction of sp³-hybridized carbons (Fsp3) is 1.00. The number of halogens is 28. The van der Waals surface area contributed by atoms with Crippen molar-refractivity contribution in [3.8, 4) is 0 Å². The minimum absolute atomic E-state index is 1.11. The molecular formula is C14F28O. The van der Waals surface area contributed by atoms with Crippen molar-refractivity contribution in [2.24, 2.45) is 0 Å². The molecule has 1 saturated heterocycles. The first-order chi connectivity index (χ1) is 18.0. The number of rotatable bonds is 8. The molecule has 0 aromatic rings. The summed E-state index contributed by atoms with van der Waals surface area (Å²) in [4.78, 5) is 0. The smallest absolute Gasteiger partial charge is 0.267 e. The van der Waals surface area contributed by atoms with Gasteiger partial charge in [0.25, 0.3) is 0 Å². The lowest BCUT2D eigenvalue weighted by Gasteiger charge is -2.52. The zero-order valence-corrected chi connectivity index (χ0v) is 18.0. The largest absolute Gasteiger partial charge is 0.460 e. The summed E-state index contributed by atoms with van der Waals surface area (Å²) in [6.07, 6.45) is -16.3. The van der Waals surface area contributed by atoms with E-state index in [0.717, 1.165) is 4.74 Å². The van der Waals surface area contributed by atoms with E-state index in [4.69, 9.17) is 0 Å². The molecule has 1 aliphatic rings. The Balaban J connectivity index is 4.04. The number of hydrogen-bond acceptors (Lipinski definition) is 1. The van der Waals surface area contributed by atoms with Gasteiger partial charge >= 0.3 is 83.3 Å². The van der Waals surface area contributed by atoms with Crippen LogP contribution in [0.25, 0.3) is 0 Å². The van der Waals surface area contributed by atoms with Crippen molar-refractivity contribution in [3.63, 3.8) is 0 Å². The van der Waals surface area contributed by atoms with Gasteiger partial charge in [-0.15, -0.1) is 0 Å². The summed E-state index contributed by atoms with van der Waals surface area (Å²) in [5.74, 6) is -110. The van der Waals surface area contributed by atoms with Crippen LogP contribution in [0.4, 0.5) is 123 Å². The standard InChI is InChI=1S/C14F28O/c15-1(16,2(17,18)4(21,22)6(25,26)10(33,34)13(38,39)40)3(19,20)5(23,24)8(29,30)12(37)9(31,32)7(27,28)11(35,36)14(41,42)43-12. The van der Waals surface area contributed by atoms with Gasteiger partial charge in [-0.1, -0.05) is 0 Å². The van der Waals surface area contributed by atoms with E-state index in [9.17, 15) is 123 Å². The van der Waals surface area contributed by atoms with Gasteiger partial charge in [-0.3, -0.25) is 4.74 Å². The van der Waals surface area contributed by atoms with Crippen LogP contribution in [0.5, 0.6) is 0 Å². The molecule has 1 nitrogen and oxygen atoms in total. The van der Waals surface area contributed by atoms with Crippen LogP contribution in [0, 0.1) is 0 Å². The Hall–Kier alpha value is -2.00. The van der Waals surface area contributed by atoms with Crippen LogP contribution >= 0.6 is 0 Å². The van der Waals surface area contributed by atoms with Gasteiger partial charge in [0.2, 0.25) is 0 Å². The van der Waals surface area contributed by atoms with Gasteiger partial charge in [-0.25, -0.2) is 0 Å². The third-order valence-corrected chi connectivity index (χ3v) is 5.35. The Bertz CT molecular complexity index is 1080. The van der Waals surface area contributed by atoms with E-state index in [2.05, 4.69) is 0 Å². The van der Waals surface area contributed by atoms with E-state index in [-0.39, 0.29) is 0 Å². The van der Waals surface area contributed by atoms with Crippen molar-refractivity contribution in [1.29, 1.82) is 0 Å². The summed E-state index contributed by atoms with van der Waals surface area (Å²) < 4.78 is 372. The predicted molar refractivity (Wildman–Crippen MR) is 70.3 cm³/mol. The minimum Gasteiger partial charge on any atom is -0.267 e. The average Bonchev–Trinajstić information content (AvgIpc) is 2.75. The molecule has 0 bridgehead atoms. The van der Waals surface area contributed by atoms with E-state index >= 15 is 0 Å². The second-order valence-corrected chi connectivity index (χ2v) is 8.03. The van der Waals surface area contributed by atoms with Crippen LogP contribution in [-0.2, 0) is 4.74 Å². The van der Waals surface area contributed by atoms with Crippen LogP contribution in [0.1, 0.15) is 0 Å². The Morgan fingerprint density at radius 2 is 0.558 bits per heavy atom. The molecular weight excluding hydrogens is 716 g/mol. The molecule has 0 radical (unpaired) electrons. The fourth-order valence-corrected chi connectivity index (χ4v) is 2.71. The molecule has 0 aliphatic carbocycles. The molecule has 0 amide bonds. The van der Waals surface area contributed by atoms with E-state index < -0.39 is 83.3 Å². The Morgan fingerprint density at radius 1 is 0.302 bits per heavy atom. The molecule has 0 spiro atoms. The first-order valence-corrected chi connectivity index (χ1v) is 8.95. The highest BCUT2D eigenvalue weighted by Gasteiger charge is 3.03. The minimum atomic E-state index is -9.82. The van der Waals surface area contributed by atoms with Crippen molar-refractivity contribution in [1.82, 2.24) is 0 Å². The van der Waals surface area contributed by atoms with E-state index in [1.165, 1.54) is 0 Å². The number of hydrogen-bond donors (Lipinski definition) is 0. The van der Waals surface area contributed by atoms with Crippen molar-refractivity contribution >= 4 is 0 Å². The highest BCUT2D eigenvalue weighted by molar-refractivity contribution is 5.22. The van der Waals surface area contributed by atoms with Crippen LogP contribution in [0.15, 0.2) is 0 Å². The van der Waals surface area contributed by atoms with E-state index in [1.54, 1.807) is 0 Å². The van der Waals surface area contributed by atoms with Crippen molar-refractivity contribution in [3.05, 3.63) is 0 Å². The normalized spacial score (nSPS) is 26.0. The van der Waals surface area contributed by atoms with E-state index in [1.807, 2.05) is 0 Å². The summed E-state index contributed by atoms with van der Waals surface area (Å²) in [7, 11) is 0. The van der Waals surface area contributed by atoms with Gasteiger partial charge in [0, 0.05) is 0 Å². The van der Waals surface area contributed by atoms with Crippen LogP contribution in [-0.4, -0.2) is 83.3 Å². The Labute approximate surface area is 212 Å². The maximum absolute atomic E-state index is 14.1. The highest BCUT2D eigenvalue weighted by Crippen LogP contribution is 2.71. The molecule has 0 N–H and O–H groups in total. The molecule has 0 saturated carbocycles. The summed E-state index contributed by atoms with van der Waals surface area (Å²) in [5, 5.41) is 0. The molecule has 1 fully saturated rings.